The van der Waals surface area contributed by atoms with E-state index >= 15 is 0 Å². The molecule has 0 unspecified atom stereocenters. The Bertz CT molecular complexity index is 537. The number of ether oxygens (including phenoxy) is 1. The lowest BCUT2D eigenvalue weighted by Crippen LogP contribution is -2.30. The van der Waals surface area contributed by atoms with Gasteiger partial charge in [-0.3, -0.25) is 4.79 Å². The Hall–Kier alpha value is -2.14. The Morgan fingerprint density at radius 3 is 2.71 bits per heavy atom. The smallest absolute Gasteiger partial charge is 0.328 e. The number of hydrogen-bond acceptors (Lipinski definition) is 3. The van der Waals surface area contributed by atoms with Crippen LogP contribution in [0.3, 0.4) is 0 Å². The molecule has 1 N–H and O–H groups in total. The highest BCUT2D eigenvalue weighted by Crippen LogP contribution is 2.14. The summed E-state index contributed by atoms with van der Waals surface area (Å²) in [5.74, 6) is -1.13. The lowest BCUT2D eigenvalue weighted by atomic mass is 10.0. The maximum absolute atomic E-state index is 12.3. The molecule has 0 saturated heterocycles. The van der Waals surface area contributed by atoms with E-state index in [0.717, 1.165) is 17.2 Å². The molecule has 0 aliphatic rings. The van der Waals surface area contributed by atoms with Crippen molar-refractivity contribution in [2.45, 2.75) is 13.8 Å². The zero-order valence-corrected chi connectivity index (χ0v) is 12.6. The number of hydrogen-bond donors (Lipinski definition) is 1. The number of aliphatic carboxylic acids is 1. The molecule has 1 aromatic carbocycles. The summed E-state index contributed by atoms with van der Waals surface area (Å²) < 4.78 is 5.23. The van der Waals surface area contributed by atoms with Crippen LogP contribution < -0.4 is 0 Å². The second kappa shape index (κ2) is 8.21. The Kier molecular flexibility index (Phi) is 6.62. The second-order valence-electron chi connectivity index (χ2n) is 4.67. The highest BCUT2D eigenvalue weighted by molar-refractivity contribution is 5.95. The van der Waals surface area contributed by atoms with Gasteiger partial charge in [-0.2, -0.15) is 0 Å². The zero-order chi connectivity index (χ0) is 15.8. The molecular weight excluding hydrogens is 270 g/mol. The van der Waals surface area contributed by atoms with E-state index in [4.69, 9.17) is 9.84 Å². The van der Waals surface area contributed by atoms with Crippen molar-refractivity contribution in [2.24, 2.45) is 0 Å². The van der Waals surface area contributed by atoms with Crippen LogP contribution in [-0.2, 0) is 9.53 Å². The van der Waals surface area contributed by atoms with Gasteiger partial charge in [0, 0.05) is 31.8 Å². The monoisotopic (exact) mass is 291 g/mol. The van der Waals surface area contributed by atoms with Crippen molar-refractivity contribution < 1.29 is 19.4 Å². The normalized spacial score (nSPS) is 10.8. The SMILES string of the molecule is CCOCCN(C)C(=O)c1ccc(C)c(/C=C/C(=O)O)c1. The molecule has 0 aromatic heterocycles. The van der Waals surface area contributed by atoms with E-state index in [2.05, 4.69) is 0 Å². The van der Waals surface area contributed by atoms with E-state index in [1.807, 2.05) is 19.9 Å². The average molecular weight is 291 g/mol. The fourth-order valence-electron chi connectivity index (χ4n) is 1.78. The molecule has 1 amide bonds. The third kappa shape index (κ3) is 5.39. The summed E-state index contributed by atoms with van der Waals surface area (Å²) in [6.45, 7) is 5.41. The van der Waals surface area contributed by atoms with Crippen LogP contribution in [0.2, 0.25) is 0 Å². The number of nitrogens with zero attached hydrogens (tertiary/aromatic N) is 1. The third-order valence-corrected chi connectivity index (χ3v) is 3.05. The molecule has 1 aromatic rings. The highest BCUT2D eigenvalue weighted by atomic mass is 16.5. The van der Waals surface area contributed by atoms with E-state index in [-0.39, 0.29) is 5.91 Å². The molecule has 114 valence electrons. The summed E-state index contributed by atoms with van der Waals surface area (Å²) >= 11 is 0. The number of carbonyl (C=O) groups is 2. The van der Waals surface area contributed by atoms with Crippen molar-refractivity contribution >= 4 is 18.0 Å². The Labute approximate surface area is 124 Å². The van der Waals surface area contributed by atoms with Gasteiger partial charge in [-0.1, -0.05) is 6.07 Å². The second-order valence-corrected chi connectivity index (χ2v) is 4.67. The molecule has 0 heterocycles. The molecule has 0 aliphatic heterocycles. The summed E-state index contributed by atoms with van der Waals surface area (Å²) in [6.07, 6.45) is 2.56. The van der Waals surface area contributed by atoms with Crippen LogP contribution in [0.5, 0.6) is 0 Å². The molecule has 0 aliphatic carbocycles. The van der Waals surface area contributed by atoms with Crippen LogP contribution in [0, 0.1) is 6.92 Å². The molecule has 0 saturated carbocycles. The van der Waals surface area contributed by atoms with Gasteiger partial charge < -0.3 is 14.7 Å². The van der Waals surface area contributed by atoms with E-state index in [1.54, 1.807) is 24.1 Å². The maximum Gasteiger partial charge on any atom is 0.328 e. The molecule has 0 bridgehead atoms. The van der Waals surface area contributed by atoms with E-state index in [0.29, 0.717) is 25.3 Å². The quantitative estimate of drug-likeness (QED) is 0.618. The standard InChI is InChI=1S/C16H21NO4/c1-4-21-10-9-17(3)16(20)14-6-5-12(2)13(11-14)7-8-15(18)19/h5-8,11H,4,9-10H2,1-3H3,(H,18,19)/b8-7+. The molecule has 0 atom stereocenters. The van der Waals surface area contributed by atoms with Gasteiger partial charge in [0.25, 0.3) is 5.91 Å². The van der Waals surface area contributed by atoms with Crippen LogP contribution in [0.1, 0.15) is 28.4 Å². The number of amides is 1. The number of carbonyl (C=O) groups excluding carboxylic acids is 1. The van der Waals surface area contributed by atoms with Gasteiger partial charge >= 0.3 is 5.97 Å². The summed E-state index contributed by atoms with van der Waals surface area (Å²) in [7, 11) is 1.72. The van der Waals surface area contributed by atoms with Crippen molar-refractivity contribution in [1.29, 1.82) is 0 Å². The lowest BCUT2D eigenvalue weighted by molar-refractivity contribution is -0.131. The van der Waals surface area contributed by atoms with E-state index < -0.39 is 5.97 Å². The summed E-state index contributed by atoms with van der Waals surface area (Å²) in [5, 5.41) is 8.68. The topological polar surface area (TPSA) is 66.8 Å². The minimum absolute atomic E-state index is 0.111. The number of carboxylic acid groups (broad SMARTS) is 1. The Morgan fingerprint density at radius 1 is 1.38 bits per heavy atom. The summed E-state index contributed by atoms with van der Waals surface area (Å²) in [5.41, 5.74) is 2.17. The van der Waals surface area contributed by atoms with E-state index in [9.17, 15) is 9.59 Å². The Morgan fingerprint density at radius 2 is 2.10 bits per heavy atom. The highest BCUT2D eigenvalue weighted by Gasteiger charge is 2.12. The molecule has 0 spiro atoms. The number of benzene rings is 1. The van der Waals surface area contributed by atoms with Crippen molar-refractivity contribution in [3.05, 3.63) is 41.0 Å². The van der Waals surface area contributed by atoms with Gasteiger partial charge in [-0.25, -0.2) is 4.79 Å². The van der Waals surface area contributed by atoms with Gasteiger partial charge in [0.15, 0.2) is 0 Å². The molecule has 21 heavy (non-hydrogen) atoms. The largest absolute Gasteiger partial charge is 0.478 e. The van der Waals surface area contributed by atoms with Crippen molar-refractivity contribution in [3.8, 4) is 0 Å². The fraction of sp³-hybridized carbons (Fsp3) is 0.375. The molecule has 0 fully saturated rings. The van der Waals surface area contributed by atoms with Crippen LogP contribution in [-0.4, -0.2) is 48.7 Å². The predicted molar refractivity (Wildman–Crippen MR) is 81.3 cm³/mol. The van der Waals surface area contributed by atoms with Crippen molar-refractivity contribution in [3.63, 3.8) is 0 Å². The lowest BCUT2D eigenvalue weighted by Gasteiger charge is -2.17. The van der Waals surface area contributed by atoms with Gasteiger partial charge in [-0.15, -0.1) is 0 Å². The molecule has 0 radical (unpaired) electrons. The number of aryl methyl sites for hydroxylation is 1. The molecule has 1 rings (SSSR count). The van der Waals surface area contributed by atoms with Gasteiger partial charge in [-0.05, 0) is 43.2 Å². The average Bonchev–Trinajstić information content (AvgIpc) is 2.45. The molecule has 5 heteroatoms. The minimum Gasteiger partial charge on any atom is -0.478 e. The van der Waals surface area contributed by atoms with Crippen LogP contribution >= 0.6 is 0 Å². The maximum atomic E-state index is 12.3. The number of rotatable bonds is 7. The molecule has 5 nitrogen and oxygen atoms in total. The first-order chi connectivity index (χ1) is 9.95. The van der Waals surface area contributed by atoms with E-state index in [1.165, 1.54) is 6.08 Å². The number of carboxylic acids is 1. The Balaban J connectivity index is 2.85. The molecular formula is C16H21NO4. The van der Waals surface area contributed by atoms with Gasteiger partial charge in [0.05, 0.1) is 6.61 Å². The first-order valence-electron chi connectivity index (χ1n) is 6.80. The summed E-state index contributed by atoms with van der Waals surface area (Å²) in [6, 6.07) is 5.26. The first kappa shape index (κ1) is 16.9. The number of likely N-dealkylation sites (N-methyl/N-ethyl adjacent to an activating group) is 1. The zero-order valence-electron chi connectivity index (χ0n) is 12.6. The first-order valence-corrected chi connectivity index (χ1v) is 6.80. The minimum atomic E-state index is -1.01. The van der Waals surface area contributed by atoms with Crippen molar-refractivity contribution in [1.82, 2.24) is 4.90 Å². The van der Waals surface area contributed by atoms with Gasteiger partial charge in [0.1, 0.15) is 0 Å². The summed E-state index contributed by atoms with van der Waals surface area (Å²) in [4.78, 5) is 24.4. The van der Waals surface area contributed by atoms with Crippen molar-refractivity contribution in [2.75, 3.05) is 26.8 Å². The van der Waals surface area contributed by atoms with Crippen LogP contribution in [0.25, 0.3) is 6.08 Å². The van der Waals surface area contributed by atoms with Crippen LogP contribution in [0.4, 0.5) is 0 Å². The van der Waals surface area contributed by atoms with Crippen LogP contribution in [0.15, 0.2) is 24.3 Å². The third-order valence-electron chi connectivity index (χ3n) is 3.05. The predicted octanol–water partition coefficient (Wildman–Crippen LogP) is 2.20. The van der Waals surface area contributed by atoms with Gasteiger partial charge in [0.2, 0.25) is 0 Å². The fourth-order valence-corrected chi connectivity index (χ4v) is 1.78.